The van der Waals surface area contributed by atoms with E-state index in [0.29, 0.717) is 12.4 Å². The van der Waals surface area contributed by atoms with Crippen molar-refractivity contribution in [3.8, 4) is 17.2 Å². The molecule has 0 unspecified atom stereocenters. The van der Waals surface area contributed by atoms with Gasteiger partial charge < -0.3 is 14.6 Å². The van der Waals surface area contributed by atoms with Gasteiger partial charge in [0.25, 0.3) is 5.91 Å². The lowest BCUT2D eigenvalue weighted by atomic mass is 10.1. The number of halogens is 2. The quantitative estimate of drug-likeness (QED) is 0.416. The fraction of sp³-hybridized carbons (Fsp3) is 0.286. The van der Waals surface area contributed by atoms with Crippen LogP contribution in [0.5, 0.6) is 17.2 Å². The summed E-state index contributed by atoms with van der Waals surface area (Å²) in [5.74, 6) is -0.215. The number of benzene rings is 2. The van der Waals surface area contributed by atoms with E-state index in [-0.39, 0.29) is 33.7 Å². The van der Waals surface area contributed by atoms with Gasteiger partial charge in [-0.3, -0.25) is 10.1 Å². The smallest absolute Gasteiger partial charge is 0.341 e. The van der Waals surface area contributed by atoms with Gasteiger partial charge >= 0.3 is 6.03 Å². The number of hydrogen-bond donors (Lipinski definition) is 3. The Kier molecular flexibility index (Phi) is 8.53. The Bertz CT molecular complexity index is 1020. The molecular weight excluding hydrogens is 445 g/mol. The molecule has 2 aromatic carbocycles. The topological polar surface area (TPSA) is 109 Å². The third kappa shape index (κ3) is 6.26. The number of nitrogens with one attached hydrogen (secondary N) is 2. The van der Waals surface area contributed by atoms with E-state index in [1.54, 1.807) is 6.92 Å². The molecule has 0 aliphatic rings. The number of imide groups is 1. The number of urea groups is 1. The van der Waals surface area contributed by atoms with Crippen molar-refractivity contribution in [3.05, 3.63) is 50.5 Å². The zero-order valence-corrected chi connectivity index (χ0v) is 19.0. The average Bonchev–Trinajstić information content (AvgIpc) is 2.71. The van der Waals surface area contributed by atoms with Gasteiger partial charge in [-0.15, -0.1) is 0 Å². The highest BCUT2D eigenvalue weighted by Crippen LogP contribution is 2.39. The molecule has 0 heterocycles. The Morgan fingerprint density at radius 1 is 1.16 bits per heavy atom. The molecule has 0 aromatic heterocycles. The summed E-state index contributed by atoms with van der Waals surface area (Å²) in [6.07, 6.45) is 1.09. The molecule has 2 rings (SSSR count). The van der Waals surface area contributed by atoms with E-state index in [4.69, 9.17) is 32.7 Å². The van der Waals surface area contributed by atoms with Crippen LogP contribution in [0.3, 0.4) is 0 Å². The molecule has 0 saturated heterocycles. The number of nitrogens with zero attached hydrogens (tertiary/aromatic N) is 1. The fourth-order valence-electron chi connectivity index (χ4n) is 2.63. The van der Waals surface area contributed by atoms with Crippen LogP contribution >= 0.6 is 23.2 Å². The number of rotatable bonds is 7. The van der Waals surface area contributed by atoms with Crippen LogP contribution in [0.2, 0.25) is 10.0 Å². The number of carbonyl (C=O) groups excluding carboxylic acids is 2. The molecular formula is C21H23Cl2N3O5. The van der Waals surface area contributed by atoms with Gasteiger partial charge in [-0.05, 0) is 44.4 Å². The summed E-state index contributed by atoms with van der Waals surface area (Å²) in [6.45, 7) is 7.40. The van der Waals surface area contributed by atoms with Crippen molar-refractivity contribution < 1.29 is 24.2 Å². The molecule has 0 atom stereocenters. The monoisotopic (exact) mass is 467 g/mol. The number of aromatic hydroxyl groups is 1. The first kappa shape index (κ1) is 24.3. The van der Waals surface area contributed by atoms with Crippen molar-refractivity contribution in [1.29, 1.82) is 0 Å². The van der Waals surface area contributed by atoms with Crippen LogP contribution in [-0.4, -0.2) is 36.5 Å². The Balaban J connectivity index is 1.96. The van der Waals surface area contributed by atoms with E-state index >= 15 is 0 Å². The number of phenols is 1. The predicted octanol–water partition coefficient (Wildman–Crippen LogP) is 4.26. The summed E-state index contributed by atoms with van der Waals surface area (Å²) >= 11 is 12.1. The lowest BCUT2D eigenvalue weighted by Crippen LogP contribution is -2.39. The highest BCUT2D eigenvalue weighted by Gasteiger charge is 2.16. The summed E-state index contributed by atoms with van der Waals surface area (Å²) in [5, 5.41) is 16.2. The molecule has 0 spiro atoms. The van der Waals surface area contributed by atoms with Crippen LogP contribution in [0.4, 0.5) is 4.79 Å². The second kappa shape index (κ2) is 10.9. The minimum absolute atomic E-state index is 0.0296. The standard InChI is InChI=1S/C21H23Cl2N3O5/c1-5-30-16-8-15(22)18(23)14(19(16)28)9-24-26-21(29)25-17(27)10-31-20-12(3)7-6-11(2)13(20)4/h6-9,28H,5,10H2,1-4H3,(H2,25,26,27,29)/b24-9+. The van der Waals surface area contributed by atoms with E-state index in [9.17, 15) is 14.7 Å². The van der Waals surface area contributed by atoms with Crippen molar-refractivity contribution in [2.24, 2.45) is 5.10 Å². The summed E-state index contributed by atoms with van der Waals surface area (Å²) in [6, 6.07) is 4.34. The van der Waals surface area contributed by atoms with Crippen LogP contribution in [-0.2, 0) is 4.79 Å². The summed E-state index contributed by atoms with van der Waals surface area (Å²) in [4.78, 5) is 23.9. The van der Waals surface area contributed by atoms with Gasteiger partial charge in [0.2, 0.25) is 0 Å². The molecule has 10 heteroatoms. The van der Waals surface area contributed by atoms with E-state index < -0.39 is 11.9 Å². The largest absolute Gasteiger partial charge is 0.504 e. The first-order valence-corrected chi connectivity index (χ1v) is 10.1. The SMILES string of the molecule is CCOc1cc(Cl)c(Cl)c(/C=N/NC(=O)NC(=O)COc2c(C)ccc(C)c2C)c1O. The third-order valence-corrected chi connectivity index (χ3v) is 5.13. The molecule has 2 aromatic rings. The maximum atomic E-state index is 12.0. The molecule has 8 nitrogen and oxygen atoms in total. The normalized spacial score (nSPS) is 10.8. The molecule has 0 aliphatic heterocycles. The summed E-state index contributed by atoms with van der Waals surface area (Å²) in [7, 11) is 0. The number of carbonyl (C=O) groups is 2. The van der Waals surface area contributed by atoms with E-state index in [2.05, 4.69) is 15.8 Å². The van der Waals surface area contributed by atoms with Gasteiger partial charge in [-0.1, -0.05) is 35.3 Å². The number of amides is 3. The van der Waals surface area contributed by atoms with Crippen molar-refractivity contribution in [2.45, 2.75) is 27.7 Å². The molecule has 0 saturated carbocycles. The highest BCUT2D eigenvalue weighted by atomic mass is 35.5. The first-order valence-electron chi connectivity index (χ1n) is 9.31. The van der Waals surface area contributed by atoms with Crippen molar-refractivity contribution in [2.75, 3.05) is 13.2 Å². The number of hydrazone groups is 1. The fourth-order valence-corrected chi connectivity index (χ4v) is 3.02. The number of aryl methyl sites for hydroxylation is 2. The minimum atomic E-state index is -0.884. The molecule has 166 valence electrons. The van der Waals surface area contributed by atoms with Gasteiger partial charge in [-0.25, -0.2) is 10.2 Å². The predicted molar refractivity (Wildman–Crippen MR) is 120 cm³/mol. The van der Waals surface area contributed by atoms with E-state index in [1.165, 1.54) is 6.07 Å². The van der Waals surface area contributed by atoms with Gasteiger partial charge in [-0.2, -0.15) is 5.10 Å². The van der Waals surface area contributed by atoms with Crippen molar-refractivity contribution in [1.82, 2.24) is 10.7 Å². The van der Waals surface area contributed by atoms with Crippen LogP contribution in [0.15, 0.2) is 23.3 Å². The highest BCUT2D eigenvalue weighted by molar-refractivity contribution is 6.43. The number of phenolic OH excluding ortho intramolecular Hbond substituents is 1. The average molecular weight is 468 g/mol. The van der Waals surface area contributed by atoms with Gasteiger partial charge in [0, 0.05) is 6.07 Å². The molecule has 0 radical (unpaired) electrons. The van der Waals surface area contributed by atoms with Crippen LogP contribution < -0.4 is 20.2 Å². The lowest BCUT2D eigenvalue weighted by molar-refractivity contribution is -0.122. The van der Waals surface area contributed by atoms with Crippen molar-refractivity contribution >= 4 is 41.4 Å². The van der Waals surface area contributed by atoms with Crippen molar-refractivity contribution in [3.63, 3.8) is 0 Å². The Morgan fingerprint density at radius 2 is 1.84 bits per heavy atom. The van der Waals surface area contributed by atoms with Crippen LogP contribution in [0, 0.1) is 20.8 Å². The maximum Gasteiger partial charge on any atom is 0.341 e. The molecule has 3 amide bonds. The maximum absolute atomic E-state index is 12.0. The third-order valence-electron chi connectivity index (χ3n) is 4.33. The lowest BCUT2D eigenvalue weighted by Gasteiger charge is -2.13. The molecule has 0 bridgehead atoms. The van der Waals surface area contributed by atoms with Crippen LogP contribution in [0.1, 0.15) is 29.2 Å². The zero-order valence-electron chi connectivity index (χ0n) is 17.5. The molecule has 0 aliphatic carbocycles. The van der Waals surface area contributed by atoms with E-state index in [0.717, 1.165) is 22.9 Å². The Morgan fingerprint density at radius 3 is 2.52 bits per heavy atom. The van der Waals surface area contributed by atoms with Crippen LogP contribution in [0.25, 0.3) is 0 Å². The number of ether oxygens (including phenoxy) is 2. The summed E-state index contributed by atoms with van der Waals surface area (Å²) in [5.41, 5.74) is 5.00. The Labute approximate surface area is 190 Å². The Hall–Kier alpha value is -2.97. The molecule has 0 fully saturated rings. The first-order chi connectivity index (χ1) is 14.6. The summed E-state index contributed by atoms with van der Waals surface area (Å²) < 4.78 is 10.8. The van der Waals surface area contributed by atoms with Gasteiger partial charge in [0.1, 0.15) is 5.75 Å². The minimum Gasteiger partial charge on any atom is -0.504 e. The molecule has 3 N–H and O–H groups in total. The van der Waals surface area contributed by atoms with Gasteiger partial charge in [0.15, 0.2) is 18.1 Å². The second-order valence-corrected chi connectivity index (χ2v) is 7.34. The van der Waals surface area contributed by atoms with E-state index in [1.807, 2.05) is 32.9 Å². The van der Waals surface area contributed by atoms with Gasteiger partial charge in [0.05, 0.1) is 28.4 Å². The molecule has 31 heavy (non-hydrogen) atoms. The zero-order chi connectivity index (χ0) is 23.1. The second-order valence-electron chi connectivity index (χ2n) is 6.56. The number of hydrogen-bond acceptors (Lipinski definition) is 6.